The molecule has 2 amide bonds. The molecule has 0 fully saturated rings. The molecule has 0 unspecified atom stereocenters. The molecule has 2 heterocycles. The van der Waals surface area contributed by atoms with Crippen molar-refractivity contribution in [2.75, 3.05) is 25.6 Å². The maximum absolute atomic E-state index is 12.8. The van der Waals surface area contributed by atoms with Gasteiger partial charge in [-0.2, -0.15) is 0 Å². The first kappa shape index (κ1) is 18.9. The number of methoxy groups -OCH3 is 1. The molecule has 0 aliphatic rings. The first-order valence-corrected chi connectivity index (χ1v) is 8.71. The van der Waals surface area contributed by atoms with Gasteiger partial charge in [-0.25, -0.2) is 4.98 Å². The van der Waals surface area contributed by atoms with E-state index < -0.39 is 5.91 Å². The number of imidazole rings is 1. The Balaban J connectivity index is 1.93. The van der Waals surface area contributed by atoms with E-state index >= 15 is 0 Å². The number of nitrogens with zero attached hydrogens (tertiary/aromatic N) is 2. The second-order valence-corrected chi connectivity index (χ2v) is 6.34. The van der Waals surface area contributed by atoms with Gasteiger partial charge in [-0.1, -0.05) is 23.7 Å². The van der Waals surface area contributed by atoms with Crippen LogP contribution in [0.25, 0.3) is 5.52 Å². The number of benzene rings is 1. The maximum atomic E-state index is 12.8. The maximum Gasteiger partial charge on any atom is 0.287 e. The Labute approximate surface area is 161 Å². The molecule has 0 bridgehead atoms. The Kier molecular flexibility index (Phi) is 5.73. The Morgan fingerprint density at radius 2 is 2.04 bits per heavy atom. The zero-order chi connectivity index (χ0) is 19.4. The molecule has 7 nitrogen and oxygen atoms in total. The smallest absolute Gasteiger partial charge is 0.287 e. The van der Waals surface area contributed by atoms with Crippen LogP contribution in [0.15, 0.2) is 42.6 Å². The average Bonchev–Trinajstić information content (AvgIpc) is 3.05. The van der Waals surface area contributed by atoms with Crippen LogP contribution in [0.1, 0.15) is 26.7 Å². The van der Waals surface area contributed by atoms with Crippen LogP contribution >= 0.6 is 11.6 Å². The number of rotatable bonds is 6. The number of hydrogen-bond donors (Lipinski definition) is 2. The van der Waals surface area contributed by atoms with Gasteiger partial charge in [0.25, 0.3) is 11.8 Å². The second kappa shape index (κ2) is 8.20. The van der Waals surface area contributed by atoms with Gasteiger partial charge in [0.15, 0.2) is 5.69 Å². The van der Waals surface area contributed by atoms with E-state index in [4.69, 9.17) is 16.3 Å². The zero-order valence-corrected chi connectivity index (χ0v) is 15.7. The summed E-state index contributed by atoms with van der Waals surface area (Å²) in [7, 11) is 1.55. The zero-order valence-electron chi connectivity index (χ0n) is 15.0. The van der Waals surface area contributed by atoms with Crippen molar-refractivity contribution in [3.05, 3.63) is 64.7 Å². The second-order valence-electron chi connectivity index (χ2n) is 5.90. The van der Waals surface area contributed by atoms with E-state index in [1.165, 1.54) is 0 Å². The van der Waals surface area contributed by atoms with Gasteiger partial charge in [0, 0.05) is 30.6 Å². The number of ether oxygens (including phenoxy) is 1. The molecular weight excluding hydrogens is 368 g/mol. The third-order valence-electron chi connectivity index (χ3n) is 4.01. The molecule has 0 aliphatic carbocycles. The van der Waals surface area contributed by atoms with Gasteiger partial charge in [-0.15, -0.1) is 0 Å². The van der Waals surface area contributed by atoms with Crippen molar-refractivity contribution in [3.8, 4) is 0 Å². The molecule has 2 aromatic heterocycles. The minimum Gasteiger partial charge on any atom is -0.383 e. The third kappa shape index (κ3) is 4.10. The molecule has 0 saturated carbocycles. The van der Waals surface area contributed by atoms with E-state index in [0.717, 1.165) is 5.56 Å². The quantitative estimate of drug-likeness (QED) is 0.638. The van der Waals surface area contributed by atoms with E-state index in [-0.39, 0.29) is 17.4 Å². The van der Waals surface area contributed by atoms with Crippen LogP contribution < -0.4 is 10.6 Å². The van der Waals surface area contributed by atoms with Crippen molar-refractivity contribution in [2.45, 2.75) is 6.92 Å². The Bertz CT molecular complexity index is 1000. The molecule has 27 heavy (non-hydrogen) atoms. The molecule has 3 rings (SSSR count). The van der Waals surface area contributed by atoms with Crippen molar-refractivity contribution in [1.82, 2.24) is 14.7 Å². The SMILES string of the molecule is COCCNC(=O)c1nc(C(=O)Nc2cc(Cl)ccc2C)c2ccccn12. The Morgan fingerprint density at radius 3 is 2.81 bits per heavy atom. The summed E-state index contributed by atoms with van der Waals surface area (Å²) < 4.78 is 6.51. The normalized spacial score (nSPS) is 10.8. The number of carbonyl (C=O) groups excluding carboxylic acids is 2. The summed E-state index contributed by atoms with van der Waals surface area (Å²) in [5.41, 5.74) is 2.16. The summed E-state index contributed by atoms with van der Waals surface area (Å²) in [6.45, 7) is 2.60. The van der Waals surface area contributed by atoms with Gasteiger partial charge in [0.05, 0.1) is 12.1 Å². The van der Waals surface area contributed by atoms with Gasteiger partial charge in [-0.3, -0.25) is 14.0 Å². The monoisotopic (exact) mass is 386 g/mol. The molecular formula is C19H19ClN4O3. The van der Waals surface area contributed by atoms with Crippen molar-refractivity contribution in [3.63, 3.8) is 0 Å². The molecule has 0 spiro atoms. The van der Waals surface area contributed by atoms with Crippen LogP contribution in [0.5, 0.6) is 0 Å². The molecule has 0 aliphatic heterocycles. The largest absolute Gasteiger partial charge is 0.383 e. The van der Waals surface area contributed by atoms with Crippen LogP contribution in [0, 0.1) is 6.92 Å². The number of halogens is 1. The number of aryl methyl sites for hydroxylation is 1. The van der Waals surface area contributed by atoms with Gasteiger partial charge in [-0.05, 0) is 36.8 Å². The molecule has 3 aromatic rings. The lowest BCUT2D eigenvalue weighted by Crippen LogP contribution is -2.28. The Hall–Kier alpha value is -2.90. The lowest BCUT2D eigenvalue weighted by atomic mass is 10.2. The average molecular weight is 387 g/mol. The summed E-state index contributed by atoms with van der Waals surface area (Å²) in [6.07, 6.45) is 1.69. The standard InChI is InChI=1S/C19H19ClN4O3/c1-12-6-7-13(20)11-14(12)22-18(25)16-15-5-3-4-9-24(15)17(23-16)19(26)21-8-10-27-2/h3-7,9,11H,8,10H2,1-2H3,(H,21,26)(H,22,25). The third-order valence-corrected chi connectivity index (χ3v) is 4.24. The topological polar surface area (TPSA) is 84.7 Å². The van der Waals surface area contributed by atoms with Gasteiger partial charge >= 0.3 is 0 Å². The predicted molar refractivity (Wildman–Crippen MR) is 104 cm³/mol. The summed E-state index contributed by atoms with van der Waals surface area (Å²) in [4.78, 5) is 29.5. The summed E-state index contributed by atoms with van der Waals surface area (Å²) in [5.74, 6) is -0.666. The minimum atomic E-state index is -0.417. The number of amides is 2. The van der Waals surface area contributed by atoms with Crippen LogP contribution in [-0.2, 0) is 4.74 Å². The van der Waals surface area contributed by atoms with Crippen LogP contribution in [0.2, 0.25) is 5.02 Å². The number of nitrogens with one attached hydrogen (secondary N) is 2. The number of carbonyl (C=O) groups is 2. The van der Waals surface area contributed by atoms with E-state index in [9.17, 15) is 9.59 Å². The van der Waals surface area contributed by atoms with Crippen molar-refractivity contribution < 1.29 is 14.3 Å². The highest BCUT2D eigenvalue weighted by Gasteiger charge is 2.21. The molecule has 0 atom stereocenters. The summed E-state index contributed by atoms with van der Waals surface area (Å²) in [6, 6.07) is 10.5. The number of pyridine rings is 1. The van der Waals surface area contributed by atoms with E-state index in [1.54, 1.807) is 48.0 Å². The van der Waals surface area contributed by atoms with Crippen LogP contribution in [0.4, 0.5) is 5.69 Å². The summed E-state index contributed by atoms with van der Waals surface area (Å²) in [5, 5.41) is 6.04. The molecule has 0 radical (unpaired) electrons. The predicted octanol–water partition coefficient (Wildman–Crippen LogP) is 2.92. The van der Waals surface area contributed by atoms with Crippen molar-refractivity contribution in [2.24, 2.45) is 0 Å². The van der Waals surface area contributed by atoms with Gasteiger partial charge < -0.3 is 15.4 Å². The first-order valence-electron chi connectivity index (χ1n) is 8.33. The molecule has 140 valence electrons. The van der Waals surface area contributed by atoms with Crippen LogP contribution in [-0.4, -0.2) is 41.5 Å². The van der Waals surface area contributed by atoms with Crippen molar-refractivity contribution >= 4 is 34.6 Å². The number of hydrogen-bond acceptors (Lipinski definition) is 4. The lowest BCUT2D eigenvalue weighted by Gasteiger charge is -2.07. The van der Waals surface area contributed by atoms with E-state index in [0.29, 0.717) is 29.4 Å². The highest BCUT2D eigenvalue weighted by molar-refractivity contribution is 6.31. The fourth-order valence-corrected chi connectivity index (χ4v) is 2.79. The van der Waals surface area contributed by atoms with E-state index in [1.807, 2.05) is 13.0 Å². The molecule has 1 aromatic carbocycles. The van der Waals surface area contributed by atoms with Gasteiger partial charge in [0.2, 0.25) is 5.82 Å². The highest BCUT2D eigenvalue weighted by atomic mass is 35.5. The first-order chi connectivity index (χ1) is 13.0. The fraction of sp³-hybridized carbons (Fsp3) is 0.211. The fourth-order valence-electron chi connectivity index (χ4n) is 2.62. The highest BCUT2D eigenvalue weighted by Crippen LogP contribution is 2.22. The number of anilines is 1. The molecule has 2 N–H and O–H groups in total. The van der Waals surface area contributed by atoms with E-state index in [2.05, 4.69) is 15.6 Å². The number of fused-ring (bicyclic) bond motifs is 1. The Morgan fingerprint density at radius 1 is 1.22 bits per heavy atom. The van der Waals surface area contributed by atoms with Crippen LogP contribution in [0.3, 0.4) is 0 Å². The summed E-state index contributed by atoms with van der Waals surface area (Å²) >= 11 is 6.01. The van der Waals surface area contributed by atoms with Crippen molar-refractivity contribution in [1.29, 1.82) is 0 Å². The van der Waals surface area contributed by atoms with Gasteiger partial charge in [0.1, 0.15) is 0 Å². The number of aromatic nitrogens is 2. The minimum absolute atomic E-state index is 0.134. The molecule has 8 heteroatoms. The lowest BCUT2D eigenvalue weighted by molar-refractivity contribution is 0.0926. The molecule has 0 saturated heterocycles.